The molecule has 1 aromatic heterocycles. The molecule has 10 nitrogen and oxygen atoms in total. The Hall–Kier alpha value is -4.28. The molecule has 5 rings (SSSR count). The van der Waals surface area contributed by atoms with Gasteiger partial charge in [0.05, 0.1) is 30.5 Å². The average molecular weight is 542 g/mol. The number of nitrogen functional groups attached to an aromatic ring is 2. The van der Waals surface area contributed by atoms with Gasteiger partial charge in [0, 0.05) is 44.4 Å². The molecule has 0 bridgehead atoms. The van der Waals surface area contributed by atoms with Crippen LogP contribution in [-0.2, 0) is 9.53 Å². The van der Waals surface area contributed by atoms with E-state index in [9.17, 15) is 4.79 Å². The summed E-state index contributed by atoms with van der Waals surface area (Å²) in [6.07, 6.45) is 6.65. The summed E-state index contributed by atoms with van der Waals surface area (Å²) in [6, 6.07) is 17.1. The maximum atomic E-state index is 13.0. The third-order valence-corrected chi connectivity index (χ3v) is 7.00. The molecule has 1 atom stereocenters. The number of aliphatic imine (C=N–C) groups is 1. The van der Waals surface area contributed by atoms with Crippen molar-refractivity contribution in [3.63, 3.8) is 0 Å². The van der Waals surface area contributed by atoms with Gasteiger partial charge in [-0.1, -0.05) is 24.3 Å². The molecule has 0 radical (unpaired) electrons. The molecule has 2 aliphatic rings. The summed E-state index contributed by atoms with van der Waals surface area (Å²) in [5.74, 6) is 1.95. The third-order valence-electron chi connectivity index (χ3n) is 7.00. The molecule has 1 amide bonds. The average Bonchev–Trinajstić information content (AvgIpc) is 2.98. The predicted octanol–water partition coefficient (Wildman–Crippen LogP) is 3.15. The summed E-state index contributed by atoms with van der Waals surface area (Å²) in [5.41, 5.74) is 14.4. The van der Waals surface area contributed by atoms with E-state index in [-0.39, 0.29) is 23.6 Å². The number of rotatable bonds is 8. The van der Waals surface area contributed by atoms with Crippen molar-refractivity contribution in [2.45, 2.75) is 18.9 Å². The van der Waals surface area contributed by atoms with Gasteiger partial charge in [-0.2, -0.15) is 0 Å². The van der Waals surface area contributed by atoms with E-state index < -0.39 is 0 Å². The number of benzene rings is 2. The number of nitrogens with zero attached hydrogens (tertiary/aromatic N) is 5. The minimum atomic E-state index is -0.125. The Bertz CT molecular complexity index is 1320. The van der Waals surface area contributed by atoms with Crippen LogP contribution >= 0.6 is 0 Å². The van der Waals surface area contributed by atoms with Gasteiger partial charge in [-0.15, -0.1) is 0 Å². The maximum absolute atomic E-state index is 13.0. The van der Waals surface area contributed by atoms with Crippen LogP contribution in [0.1, 0.15) is 24.0 Å². The normalized spacial score (nSPS) is 18.6. The van der Waals surface area contributed by atoms with Crippen molar-refractivity contribution in [1.29, 1.82) is 0 Å². The van der Waals surface area contributed by atoms with Crippen molar-refractivity contribution in [3.05, 3.63) is 84.2 Å². The predicted molar refractivity (Wildman–Crippen MR) is 155 cm³/mol. The number of piperidine rings is 1. The van der Waals surface area contributed by atoms with Crippen LogP contribution in [0.5, 0.6) is 11.5 Å². The number of para-hydroxylation sites is 1. The third kappa shape index (κ3) is 7.02. The van der Waals surface area contributed by atoms with Crippen molar-refractivity contribution < 1.29 is 14.3 Å². The lowest BCUT2D eigenvalue weighted by Crippen LogP contribution is -2.41. The molecule has 2 aliphatic heterocycles. The largest absolute Gasteiger partial charge is 0.457 e. The van der Waals surface area contributed by atoms with Gasteiger partial charge in [0.1, 0.15) is 29.5 Å². The van der Waals surface area contributed by atoms with E-state index in [0.29, 0.717) is 30.1 Å². The van der Waals surface area contributed by atoms with Crippen molar-refractivity contribution in [2.24, 2.45) is 4.99 Å². The number of hydrogen-bond acceptors (Lipinski definition) is 9. The Balaban J connectivity index is 1.34. The van der Waals surface area contributed by atoms with Crippen LogP contribution in [0, 0.1) is 0 Å². The minimum absolute atomic E-state index is 0.000745. The molecular weight excluding hydrogens is 506 g/mol. The maximum Gasteiger partial charge on any atom is 0.246 e. The number of hydrogen-bond donors (Lipinski definition) is 2. The van der Waals surface area contributed by atoms with E-state index in [1.807, 2.05) is 65.6 Å². The quantitative estimate of drug-likeness (QED) is 0.328. The van der Waals surface area contributed by atoms with Crippen LogP contribution in [0.4, 0.5) is 11.6 Å². The number of likely N-dealkylation sites (tertiary alicyclic amines) is 1. The van der Waals surface area contributed by atoms with E-state index in [4.69, 9.17) is 25.9 Å². The zero-order valence-electron chi connectivity index (χ0n) is 22.5. The summed E-state index contributed by atoms with van der Waals surface area (Å²) in [7, 11) is 0. The number of anilines is 2. The molecule has 3 heterocycles. The first-order valence-electron chi connectivity index (χ1n) is 13.6. The summed E-state index contributed by atoms with van der Waals surface area (Å²) in [5, 5.41) is 0. The highest BCUT2D eigenvalue weighted by atomic mass is 16.5. The van der Waals surface area contributed by atoms with Crippen LogP contribution < -0.4 is 16.2 Å². The van der Waals surface area contributed by atoms with Gasteiger partial charge >= 0.3 is 0 Å². The summed E-state index contributed by atoms with van der Waals surface area (Å²) >= 11 is 0. The second-order valence-corrected chi connectivity index (χ2v) is 9.83. The first-order chi connectivity index (χ1) is 19.6. The highest BCUT2D eigenvalue weighted by Crippen LogP contribution is 2.26. The standard InChI is InChI=1S/C30H35N7O3/c31-29-27(30(32)34-21-33-29)28(22-10-12-25(13-11-22)40-24-7-2-1-3-8-24)35-23-6-4-15-37(20-23)26(38)9-5-14-36-16-18-39-19-17-36/h1-3,5,7-13,21,23H,4,6,14-20H2,(H4,31,32,33,34)/b9-5+,35-28?. The van der Waals surface area contributed by atoms with E-state index in [2.05, 4.69) is 14.9 Å². The topological polar surface area (TPSA) is 132 Å². The fourth-order valence-electron chi connectivity index (χ4n) is 4.88. The molecule has 2 aromatic carbocycles. The van der Waals surface area contributed by atoms with Crippen LogP contribution in [-0.4, -0.2) is 83.4 Å². The van der Waals surface area contributed by atoms with Crippen molar-refractivity contribution >= 4 is 23.3 Å². The fourth-order valence-corrected chi connectivity index (χ4v) is 4.88. The molecule has 0 aliphatic carbocycles. The lowest BCUT2D eigenvalue weighted by atomic mass is 10.0. The molecule has 3 aromatic rings. The van der Waals surface area contributed by atoms with E-state index >= 15 is 0 Å². The Morgan fingerprint density at radius 1 is 1.00 bits per heavy atom. The number of morpholine rings is 1. The lowest BCUT2D eigenvalue weighted by Gasteiger charge is -2.31. The fraction of sp³-hybridized carbons (Fsp3) is 0.333. The SMILES string of the molecule is Nc1ncnc(N)c1C(=NC1CCCN(C(=O)/C=C/CN2CCOCC2)C1)c1ccc(Oc2ccccc2)cc1. The van der Waals surface area contributed by atoms with E-state index in [1.165, 1.54) is 6.33 Å². The van der Waals surface area contributed by atoms with Gasteiger partial charge in [0.2, 0.25) is 5.91 Å². The summed E-state index contributed by atoms with van der Waals surface area (Å²) < 4.78 is 11.3. The Morgan fingerprint density at radius 3 is 2.42 bits per heavy atom. The van der Waals surface area contributed by atoms with Crippen molar-refractivity contribution in [2.75, 3.05) is 57.4 Å². The van der Waals surface area contributed by atoms with Gasteiger partial charge < -0.3 is 25.8 Å². The molecule has 0 saturated carbocycles. The molecule has 1 unspecified atom stereocenters. The van der Waals surface area contributed by atoms with Crippen LogP contribution in [0.3, 0.4) is 0 Å². The lowest BCUT2D eigenvalue weighted by molar-refractivity contribution is -0.127. The summed E-state index contributed by atoms with van der Waals surface area (Å²) in [4.78, 5) is 30.5. The van der Waals surface area contributed by atoms with Crippen LogP contribution in [0.15, 0.2) is 78.1 Å². The zero-order valence-corrected chi connectivity index (χ0v) is 22.5. The molecular formula is C30H35N7O3. The number of carbonyl (C=O) groups is 1. The highest BCUT2D eigenvalue weighted by Gasteiger charge is 2.25. The molecule has 40 heavy (non-hydrogen) atoms. The zero-order chi connectivity index (χ0) is 27.7. The second-order valence-electron chi connectivity index (χ2n) is 9.83. The van der Waals surface area contributed by atoms with Gasteiger partial charge in [0.25, 0.3) is 0 Å². The molecule has 2 fully saturated rings. The first-order valence-corrected chi connectivity index (χ1v) is 13.6. The molecule has 0 spiro atoms. The highest BCUT2D eigenvalue weighted by molar-refractivity contribution is 6.17. The van der Waals surface area contributed by atoms with Gasteiger partial charge in [0.15, 0.2) is 0 Å². The van der Waals surface area contributed by atoms with Gasteiger partial charge in [-0.05, 0) is 49.2 Å². The Labute approximate surface area is 234 Å². The van der Waals surface area contributed by atoms with Crippen molar-refractivity contribution in [1.82, 2.24) is 19.8 Å². The molecule has 10 heteroatoms. The smallest absolute Gasteiger partial charge is 0.246 e. The van der Waals surface area contributed by atoms with E-state index in [1.54, 1.807) is 6.08 Å². The van der Waals surface area contributed by atoms with Gasteiger partial charge in [-0.25, -0.2) is 9.97 Å². The molecule has 4 N–H and O–H groups in total. The number of carbonyl (C=O) groups excluding carboxylic acids is 1. The second kappa shape index (κ2) is 13.2. The number of nitrogens with two attached hydrogens (primary N) is 2. The van der Waals surface area contributed by atoms with Crippen LogP contribution in [0.2, 0.25) is 0 Å². The Kier molecular flexibility index (Phi) is 9.00. The number of aromatic nitrogens is 2. The monoisotopic (exact) mass is 541 g/mol. The molecule has 2 saturated heterocycles. The van der Waals surface area contributed by atoms with Gasteiger partial charge in [-0.3, -0.25) is 14.7 Å². The minimum Gasteiger partial charge on any atom is -0.457 e. The number of amides is 1. The molecule has 208 valence electrons. The summed E-state index contributed by atoms with van der Waals surface area (Å²) in [6.45, 7) is 5.19. The Morgan fingerprint density at radius 2 is 1.70 bits per heavy atom. The van der Waals surface area contributed by atoms with E-state index in [0.717, 1.165) is 57.0 Å². The first kappa shape index (κ1) is 27.3. The van der Waals surface area contributed by atoms with Crippen molar-refractivity contribution in [3.8, 4) is 11.5 Å². The number of ether oxygens (including phenoxy) is 2. The van der Waals surface area contributed by atoms with Crippen LogP contribution in [0.25, 0.3) is 0 Å².